The summed E-state index contributed by atoms with van der Waals surface area (Å²) < 4.78 is 0. The van der Waals surface area contributed by atoms with Crippen LogP contribution in [0.15, 0.2) is 71.7 Å². The molecule has 0 aromatic heterocycles. The SMILES string of the molecule is C/C=C\N1C=CC(=C2C(=O)c3ccccc3C2=O)C=C1C. The third kappa shape index (κ3) is 2.07. The first-order valence-electron chi connectivity index (χ1n) is 6.84. The van der Waals surface area contributed by atoms with E-state index in [-0.39, 0.29) is 17.1 Å². The molecule has 1 heterocycles. The molecule has 0 unspecified atom stereocenters. The fourth-order valence-electron chi connectivity index (χ4n) is 2.62. The van der Waals surface area contributed by atoms with Gasteiger partial charge in [0.2, 0.25) is 0 Å². The molecule has 1 aromatic carbocycles. The van der Waals surface area contributed by atoms with Crippen molar-refractivity contribution in [2.75, 3.05) is 0 Å². The van der Waals surface area contributed by atoms with Gasteiger partial charge in [-0.05, 0) is 31.6 Å². The van der Waals surface area contributed by atoms with Crippen LogP contribution < -0.4 is 0 Å². The lowest BCUT2D eigenvalue weighted by atomic mass is 10.0. The molecular weight excluding hydrogens is 262 g/mol. The minimum atomic E-state index is -0.182. The molecule has 0 radical (unpaired) electrons. The number of rotatable bonds is 1. The Morgan fingerprint density at radius 1 is 1.05 bits per heavy atom. The van der Waals surface area contributed by atoms with Crippen molar-refractivity contribution in [1.82, 2.24) is 4.90 Å². The number of allylic oxidation sites excluding steroid dienone is 6. The smallest absolute Gasteiger partial charge is 0.198 e. The average Bonchev–Trinajstić information content (AvgIpc) is 2.74. The van der Waals surface area contributed by atoms with Crippen LogP contribution in [-0.4, -0.2) is 16.5 Å². The highest BCUT2D eigenvalue weighted by Crippen LogP contribution is 2.31. The minimum Gasteiger partial charge on any atom is -0.328 e. The summed E-state index contributed by atoms with van der Waals surface area (Å²) in [6, 6.07) is 6.98. The maximum atomic E-state index is 12.5. The van der Waals surface area contributed by atoms with E-state index in [0.717, 1.165) is 5.70 Å². The number of Topliss-reactive ketones (excluding diaryl/α,β-unsaturated/α-hetero) is 2. The van der Waals surface area contributed by atoms with Crippen LogP contribution in [0.5, 0.6) is 0 Å². The quantitative estimate of drug-likeness (QED) is 0.581. The molecule has 0 spiro atoms. The normalized spacial score (nSPS) is 17.8. The molecule has 1 aromatic rings. The lowest BCUT2D eigenvalue weighted by Crippen LogP contribution is -2.12. The molecule has 0 amide bonds. The zero-order valence-corrected chi connectivity index (χ0v) is 12.0. The molecule has 3 nitrogen and oxygen atoms in total. The third-order valence-corrected chi connectivity index (χ3v) is 3.66. The second-order valence-corrected chi connectivity index (χ2v) is 5.03. The number of fused-ring (bicyclic) bond motifs is 1. The van der Waals surface area contributed by atoms with E-state index in [9.17, 15) is 9.59 Å². The summed E-state index contributed by atoms with van der Waals surface area (Å²) in [7, 11) is 0. The van der Waals surface area contributed by atoms with E-state index >= 15 is 0 Å². The molecule has 104 valence electrons. The number of ketones is 2. The summed E-state index contributed by atoms with van der Waals surface area (Å²) in [6.07, 6.45) is 9.40. The molecule has 2 aliphatic rings. The van der Waals surface area contributed by atoms with Gasteiger partial charge >= 0.3 is 0 Å². The summed E-state index contributed by atoms with van der Waals surface area (Å²) in [6.45, 7) is 3.89. The van der Waals surface area contributed by atoms with Crippen LogP contribution in [0.1, 0.15) is 34.6 Å². The fraction of sp³-hybridized carbons (Fsp3) is 0.111. The van der Waals surface area contributed by atoms with E-state index in [0.29, 0.717) is 16.7 Å². The van der Waals surface area contributed by atoms with Gasteiger partial charge in [0, 0.05) is 29.2 Å². The van der Waals surface area contributed by atoms with Crippen LogP contribution in [-0.2, 0) is 0 Å². The van der Waals surface area contributed by atoms with Gasteiger partial charge < -0.3 is 4.90 Å². The molecule has 3 heteroatoms. The third-order valence-electron chi connectivity index (χ3n) is 3.66. The van der Waals surface area contributed by atoms with Crippen molar-refractivity contribution >= 4 is 11.6 Å². The van der Waals surface area contributed by atoms with E-state index in [2.05, 4.69) is 0 Å². The lowest BCUT2D eigenvalue weighted by Gasteiger charge is -2.20. The Bertz CT molecular complexity index is 726. The van der Waals surface area contributed by atoms with Crippen molar-refractivity contribution in [3.05, 3.63) is 82.9 Å². The van der Waals surface area contributed by atoms with Crippen molar-refractivity contribution < 1.29 is 9.59 Å². The molecule has 0 bridgehead atoms. The van der Waals surface area contributed by atoms with Crippen molar-refractivity contribution in [2.45, 2.75) is 13.8 Å². The van der Waals surface area contributed by atoms with E-state index in [4.69, 9.17) is 0 Å². The molecule has 0 N–H and O–H groups in total. The fourth-order valence-corrected chi connectivity index (χ4v) is 2.62. The van der Waals surface area contributed by atoms with Crippen LogP contribution in [0.25, 0.3) is 0 Å². The number of hydrogen-bond acceptors (Lipinski definition) is 3. The Morgan fingerprint density at radius 2 is 1.67 bits per heavy atom. The number of carbonyl (C=O) groups excluding carboxylic acids is 2. The zero-order valence-electron chi connectivity index (χ0n) is 12.0. The van der Waals surface area contributed by atoms with E-state index < -0.39 is 0 Å². The number of hydrogen-bond donors (Lipinski definition) is 0. The van der Waals surface area contributed by atoms with Crippen LogP contribution in [0.4, 0.5) is 0 Å². The first kappa shape index (κ1) is 13.3. The lowest BCUT2D eigenvalue weighted by molar-refractivity contribution is 0.0988. The van der Waals surface area contributed by atoms with Gasteiger partial charge in [0.15, 0.2) is 11.6 Å². The Labute approximate surface area is 123 Å². The second kappa shape index (κ2) is 5.02. The molecule has 1 aliphatic heterocycles. The summed E-state index contributed by atoms with van der Waals surface area (Å²) in [5.74, 6) is -0.363. The summed E-state index contributed by atoms with van der Waals surface area (Å²) in [5, 5.41) is 0. The zero-order chi connectivity index (χ0) is 15.0. The first-order chi connectivity index (χ1) is 10.1. The van der Waals surface area contributed by atoms with Gasteiger partial charge in [-0.3, -0.25) is 9.59 Å². The van der Waals surface area contributed by atoms with Gasteiger partial charge in [0.1, 0.15) is 0 Å². The molecule has 3 rings (SSSR count). The van der Waals surface area contributed by atoms with Gasteiger partial charge in [-0.15, -0.1) is 0 Å². The van der Waals surface area contributed by atoms with E-state index in [1.54, 1.807) is 24.3 Å². The van der Waals surface area contributed by atoms with Crippen molar-refractivity contribution in [1.29, 1.82) is 0 Å². The minimum absolute atomic E-state index is 0.182. The Kier molecular flexibility index (Phi) is 3.18. The predicted molar refractivity (Wildman–Crippen MR) is 81.7 cm³/mol. The van der Waals surface area contributed by atoms with Crippen LogP contribution in [0.2, 0.25) is 0 Å². The summed E-state index contributed by atoms with van der Waals surface area (Å²) >= 11 is 0. The highest BCUT2D eigenvalue weighted by Gasteiger charge is 2.34. The molecule has 0 fully saturated rings. The van der Waals surface area contributed by atoms with E-state index in [1.165, 1.54) is 0 Å². The van der Waals surface area contributed by atoms with Crippen molar-refractivity contribution in [2.24, 2.45) is 0 Å². The number of carbonyl (C=O) groups is 2. The van der Waals surface area contributed by atoms with Crippen LogP contribution >= 0.6 is 0 Å². The number of benzene rings is 1. The van der Waals surface area contributed by atoms with Crippen LogP contribution in [0.3, 0.4) is 0 Å². The van der Waals surface area contributed by atoms with Gasteiger partial charge in [0.25, 0.3) is 0 Å². The van der Waals surface area contributed by atoms with Gasteiger partial charge in [-0.25, -0.2) is 0 Å². The second-order valence-electron chi connectivity index (χ2n) is 5.03. The van der Waals surface area contributed by atoms with Crippen LogP contribution in [0, 0.1) is 0 Å². The summed E-state index contributed by atoms with van der Waals surface area (Å²) in [5.41, 5.74) is 2.92. The average molecular weight is 277 g/mol. The predicted octanol–water partition coefficient (Wildman–Crippen LogP) is 3.63. The Balaban J connectivity index is 2.09. The topological polar surface area (TPSA) is 37.4 Å². The maximum Gasteiger partial charge on any atom is 0.198 e. The first-order valence-corrected chi connectivity index (χ1v) is 6.84. The van der Waals surface area contributed by atoms with Gasteiger partial charge in [0.05, 0.1) is 5.57 Å². The summed E-state index contributed by atoms with van der Waals surface area (Å²) in [4.78, 5) is 26.8. The molecule has 0 atom stereocenters. The van der Waals surface area contributed by atoms with Gasteiger partial charge in [-0.1, -0.05) is 30.3 Å². The highest BCUT2D eigenvalue weighted by molar-refractivity contribution is 6.40. The maximum absolute atomic E-state index is 12.5. The Morgan fingerprint density at radius 3 is 2.19 bits per heavy atom. The molecular formula is C18H15NO2. The molecule has 0 saturated heterocycles. The molecule has 1 aliphatic carbocycles. The molecule has 21 heavy (non-hydrogen) atoms. The monoisotopic (exact) mass is 277 g/mol. The van der Waals surface area contributed by atoms with Crippen molar-refractivity contribution in [3.63, 3.8) is 0 Å². The van der Waals surface area contributed by atoms with Crippen molar-refractivity contribution in [3.8, 4) is 0 Å². The standard InChI is InChI=1S/C18H15NO2/c1-3-9-19-10-8-13(11-12(19)2)16-17(20)14-6-4-5-7-15(14)18(16)21/h3-11H,1-2H3/b9-3-. The highest BCUT2D eigenvalue weighted by atomic mass is 16.2. The number of nitrogens with zero attached hydrogens (tertiary/aromatic N) is 1. The largest absolute Gasteiger partial charge is 0.328 e. The van der Waals surface area contributed by atoms with Gasteiger partial charge in [-0.2, -0.15) is 0 Å². The van der Waals surface area contributed by atoms with E-state index in [1.807, 2.05) is 49.4 Å². The Hall–Kier alpha value is -2.68. The molecule has 0 saturated carbocycles.